The van der Waals surface area contributed by atoms with Crippen molar-refractivity contribution in [3.63, 3.8) is 0 Å². The fraction of sp³-hybridized carbons (Fsp3) is 1.00. The van der Waals surface area contributed by atoms with Crippen LogP contribution in [0.15, 0.2) is 0 Å². The maximum Gasteiger partial charge on any atom is 0.0244 e. The molecule has 0 aromatic carbocycles. The van der Waals surface area contributed by atoms with Gasteiger partial charge in [0.2, 0.25) is 0 Å². The molecule has 16 heavy (non-hydrogen) atoms. The highest BCUT2D eigenvalue weighted by Crippen LogP contribution is 2.27. The van der Waals surface area contributed by atoms with Gasteiger partial charge in [0.05, 0.1) is 0 Å². The van der Waals surface area contributed by atoms with Crippen LogP contribution in [0.1, 0.15) is 46.5 Å². The first-order chi connectivity index (χ1) is 7.55. The standard InChI is InChI=1S/C14H28N2/c1-14(2,3)13-11-16(9-8-15-13)10-12-6-4-5-7-12/h12-13,15H,4-11H2,1-3H3. The van der Waals surface area contributed by atoms with Gasteiger partial charge in [0.15, 0.2) is 0 Å². The van der Waals surface area contributed by atoms with E-state index in [0.717, 1.165) is 5.92 Å². The Morgan fingerprint density at radius 3 is 2.50 bits per heavy atom. The average molecular weight is 224 g/mol. The topological polar surface area (TPSA) is 15.3 Å². The first kappa shape index (κ1) is 12.4. The summed E-state index contributed by atoms with van der Waals surface area (Å²) in [6, 6.07) is 0.669. The van der Waals surface area contributed by atoms with E-state index in [2.05, 4.69) is 31.0 Å². The maximum atomic E-state index is 3.67. The average Bonchev–Trinajstić information content (AvgIpc) is 2.70. The van der Waals surface area contributed by atoms with Crippen molar-refractivity contribution in [3.8, 4) is 0 Å². The Morgan fingerprint density at radius 2 is 1.88 bits per heavy atom. The molecule has 1 saturated heterocycles. The number of nitrogens with zero attached hydrogens (tertiary/aromatic N) is 1. The third kappa shape index (κ3) is 3.21. The van der Waals surface area contributed by atoms with E-state index >= 15 is 0 Å². The summed E-state index contributed by atoms with van der Waals surface area (Å²) in [5.41, 5.74) is 0.397. The van der Waals surface area contributed by atoms with Gasteiger partial charge in [0.1, 0.15) is 0 Å². The largest absolute Gasteiger partial charge is 0.311 e. The highest BCUT2D eigenvalue weighted by atomic mass is 15.2. The molecule has 0 spiro atoms. The molecular weight excluding hydrogens is 196 g/mol. The summed E-state index contributed by atoms with van der Waals surface area (Å²) >= 11 is 0. The van der Waals surface area contributed by atoms with Crippen LogP contribution in [0.2, 0.25) is 0 Å². The van der Waals surface area contributed by atoms with Crippen LogP contribution >= 0.6 is 0 Å². The Balaban J connectivity index is 1.81. The van der Waals surface area contributed by atoms with Gasteiger partial charge in [-0.1, -0.05) is 33.6 Å². The van der Waals surface area contributed by atoms with E-state index in [9.17, 15) is 0 Å². The van der Waals surface area contributed by atoms with Crippen LogP contribution < -0.4 is 5.32 Å². The van der Waals surface area contributed by atoms with Crippen molar-refractivity contribution in [1.29, 1.82) is 0 Å². The molecule has 1 aliphatic carbocycles. The van der Waals surface area contributed by atoms with Crippen LogP contribution in [-0.4, -0.2) is 37.1 Å². The van der Waals surface area contributed by atoms with Crippen molar-refractivity contribution in [2.75, 3.05) is 26.2 Å². The van der Waals surface area contributed by atoms with E-state index in [1.54, 1.807) is 0 Å². The highest BCUT2D eigenvalue weighted by molar-refractivity contribution is 4.88. The fourth-order valence-corrected chi connectivity index (χ4v) is 3.11. The molecule has 0 amide bonds. The Labute approximate surface area is 101 Å². The minimum Gasteiger partial charge on any atom is -0.311 e. The third-order valence-electron chi connectivity index (χ3n) is 4.30. The molecule has 2 heteroatoms. The van der Waals surface area contributed by atoms with Crippen molar-refractivity contribution in [2.24, 2.45) is 11.3 Å². The summed E-state index contributed by atoms with van der Waals surface area (Å²) in [5.74, 6) is 0.999. The normalized spacial score (nSPS) is 29.8. The second-order valence-corrected chi connectivity index (χ2v) is 6.78. The van der Waals surface area contributed by atoms with Crippen molar-refractivity contribution < 1.29 is 0 Å². The van der Waals surface area contributed by atoms with Crippen molar-refractivity contribution in [3.05, 3.63) is 0 Å². The lowest BCUT2D eigenvalue weighted by atomic mass is 9.85. The molecule has 1 N–H and O–H groups in total. The molecule has 0 bridgehead atoms. The number of hydrogen-bond acceptors (Lipinski definition) is 2. The molecule has 2 fully saturated rings. The molecule has 94 valence electrons. The number of nitrogens with one attached hydrogen (secondary N) is 1. The lowest BCUT2D eigenvalue weighted by Gasteiger charge is -2.41. The summed E-state index contributed by atoms with van der Waals surface area (Å²) in [4.78, 5) is 2.70. The molecule has 2 nitrogen and oxygen atoms in total. The van der Waals surface area contributed by atoms with Gasteiger partial charge < -0.3 is 10.2 Å². The Morgan fingerprint density at radius 1 is 1.19 bits per heavy atom. The van der Waals surface area contributed by atoms with Gasteiger partial charge in [-0.15, -0.1) is 0 Å². The molecule has 0 radical (unpaired) electrons. The van der Waals surface area contributed by atoms with Gasteiger partial charge in [-0.2, -0.15) is 0 Å². The van der Waals surface area contributed by atoms with Gasteiger partial charge in [-0.05, 0) is 24.2 Å². The second-order valence-electron chi connectivity index (χ2n) is 6.78. The van der Waals surface area contributed by atoms with E-state index in [1.165, 1.54) is 51.9 Å². The molecule has 0 aromatic rings. The monoisotopic (exact) mass is 224 g/mol. The molecule has 2 rings (SSSR count). The zero-order chi connectivity index (χ0) is 11.6. The number of piperazine rings is 1. The lowest BCUT2D eigenvalue weighted by molar-refractivity contribution is 0.120. The van der Waals surface area contributed by atoms with Crippen molar-refractivity contribution in [2.45, 2.75) is 52.5 Å². The molecule has 1 atom stereocenters. The molecule has 0 aromatic heterocycles. The summed E-state index contributed by atoms with van der Waals surface area (Å²) in [7, 11) is 0. The smallest absolute Gasteiger partial charge is 0.0244 e. The first-order valence-electron chi connectivity index (χ1n) is 7.01. The van der Waals surface area contributed by atoms with Crippen LogP contribution in [0.5, 0.6) is 0 Å². The van der Waals surface area contributed by atoms with Gasteiger partial charge >= 0.3 is 0 Å². The van der Waals surface area contributed by atoms with E-state index in [0.29, 0.717) is 11.5 Å². The summed E-state index contributed by atoms with van der Waals surface area (Å²) in [6.45, 7) is 12.1. The summed E-state index contributed by atoms with van der Waals surface area (Å²) < 4.78 is 0. The molecule has 1 saturated carbocycles. The Hall–Kier alpha value is -0.0800. The Bertz CT molecular complexity index is 213. The summed E-state index contributed by atoms with van der Waals surface area (Å²) in [6.07, 6.45) is 5.90. The SMILES string of the molecule is CC(C)(C)C1CN(CC2CCCC2)CCN1. The van der Waals surface area contributed by atoms with E-state index in [1.807, 2.05) is 0 Å². The van der Waals surface area contributed by atoms with Crippen LogP contribution in [0, 0.1) is 11.3 Å². The minimum atomic E-state index is 0.397. The molecule has 2 aliphatic rings. The molecular formula is C14H28N2. The van der Waals surface area contributed by atoms with E-state index in [4.69, 9.17) is 0 Å². The van der Waals surface area contributed by atoms with Crippen molar-refractivity contribution in [1.82, 2.24) is 10.2 Å². The maximum absolute atomic E-state index is 3.67. The van der Waals surface area contributed by atoms with Crippen LogP contribution in [0.4, 0.5) is 0 Å². The third-order valence-corrected chi connectivity index (χ3v) is 4.30. The van der Waals surface area contributed by atoms with Gasteiger partial charge in [-0.3, -0.25) is 0 Å². The number of hydrogen-bond donors (Lipinski definition) is 1. The summed E-state index contributed by atoms with van der Waals surface area (Å²) in [5, 5.41) is 3.67. The van der Waals surface area contributed by atoms with Gasteiger partial charge in [0.25, 0.3) is 0 Å². The van der Waals surface area contributed by atoms with Crippen molar-refractivity contribution >= 4 is 0 Å². The van der Waals surface area contributed by atoms with Gasteiger partial charge in [-0.25, -0.2) is 0 Å². The van der Waals surface area contributed by atoms with Crippen LogP contribution in [0.3, 0.4) is 0 Å². The second kappa shape index (κ2) is 5.05. The van der Waals surface area contributed by atoms with E-state index in [-0.39, 0.29) is 0 Å². The quantitative estimate of drug-likeness (QED) is 0.775. The van der Waals surface area contributed by atoms with Gasteiger partial charge in [0, 0.05) is 32.2 Å². The van der Waals surface area contributed by atoms with Crippen LogP contribution in [-0.2, 0) is 0 Å². The van der Waals surface area contributed by atoms with E-state index < -0.39 is 0 Å². The molecule has 1 aliphatic heterocycles. The zero-order valence-corrected chi connectivity index (χ0v) is 11.3. The zero-order valence-electron chi connectivity index (χ0n) is 11.3. The highest BCUT2D eigenvalue weighted by Gasteiger charge is 2.30. The first-order valence-corrected chi connectivity index (χ1v) is 7.01. The predicted octanol–water partition coefficient (Wildman–Crippen LogP) is 2.50. The molecule has 1 unspecified atom stereocenters. The fourth-order valence-electron chi connectivity index (χ4n) is 3.11. The Kier molecular flexibility index (Phi) is 3.91. The lowest BCUT2D eigenvalue weighted by Crippen LogP contribution is -2.56. The number of rotatable bonds is 2. The molecule has 1 heterocycles. The van der Waals surface area contributed by atoms with Crippen LogP contribution in [0.25, 0.3) is 0 Å². The predicted molar refractivity (Wildman–Crippen MR) is 69.6 cm³/mol. The minimum absolute atomic E-state index is 0.397.